The number of imide groups is 1. The molecule has 1 fully saturated rings. The molecule has 2 aromatic carbocycles. The van der Waals surface area contributed by atoms with E-state index in [2.05, 4.69) is 10.6 Å². The number of benzene rings is 2. The quantitative estimate of drug-likeness (QED) is 0.832. The van der Waals surface area contributed by atoms with E-state index in [9.17, 15) is 14.4 Å². The summed E-state index contributed by atoms with van der Waals surface area (Å²) in [4.78, 5) is 38.6. The molecule has 26 heavy (non-hydrogen) atoms. The standard InChI is InChI=1S/C20H21N3O3/c1-12-9-10-13(2)16(11-12)21-18(24)14(3)23-19(25)17(22-20(23)26)15-7-5-4-6-8-15/h4-11,14,17H,1-3H3,(H,21,24)(H,22,26). The Kier molecular flexibility index (Phi) is 4.75. The molecule has 2 aromatic rings. The van der Waals surface area contributed by atoms with E-state index >= 15 is 0 Å². The highest BCUT2D eigenvalue weighted by Gasteiger charge is 2.43. The molecule has 1 aliphatic heterocycles. The van der Waals surface area contributed by atoms with Crippen LogP contribution in [0, 0.1) is 13.8 Å². The first-order valence-corrected chi connectivity index (χ1v) is 8.45. The number of nitrogens with one attached hydrogen (secondary N) is 2. The molecule has 3 rings (SSSR count). The Morgan fingerprint density at radius 1 is 1.12 bits per heavy atom. The van der Waals surface area contributed by atoms with Crippen molar-refractivity contribution < 1.29 is 14.4 Å². The highest BCUT2D eigenvalue weighted by atomic mass is 16.2. The summed E-state index contributed by atoms with van der Waals surface area (Å²) in [5.41, 5.74) is 3.29. The molecule has 6 nitrogen and oxygen atoms in total. The maximum atomic E-state index is 12.7. The van der Waals surface area contributed by atoms with E-state index in [1.807, 2.05) is 38.1 Å². The van der Waals surface area contributed by atoms with Crippen LogP contribution in [0.15, 0.2) is 48.5 Å². The Morgan fingerprint density at radius 3 is 2.50 bits per heavy atom. The van der Waals surface area contributed by atoms with Crippen LogP contribution in [-0.2, 0) is 9.59 Å². The Labute approximate surface area is 152 Å². The number of urea groups is 1. The maximum absolute atomic E-state index is 12.7. The third-order valence-corrected chi connectivity index (χ3v) is 4.52. The molecule has 0 aliphatic carbocycles. The van der Waals surface area contributed by atoms with Crippen LogP contribution in [0.1, 0.15) is 29.7 Å². The van der Waals surface area contributed by atoms with Gasteiger partial charge in [-0.1, -0.05) is 42.5 Å². The van der Waals surface area contributed by atoms with Crippen molar-refractivity contribution in [2.75, 3.05) is 5.32 Å². The zero-order chi connectivity index (χ0) is 18.8. The summed E-state index contributed by atoms with van der Waals surface area (Å²) in [6, 6.07) is 12.5. The topological polar surface area (TPSA) is 78.5 Å². The summed E-state index contributed by atoms with van der Waals surface area (Å²) in [6.07, 6.45) is 0. The molecule has 6 heteroatoms. The van der Waals surface area contributed by atoms with Crippen molar-refractivity contribution in [3.63, 3.8) is 0 Å². The van der Waals surface area contributed by atoms with E-state index < -0.39 is 29.9 Å². The van der Waals surface area contributed by atoms with Crippen LogP contribution < -0.4 is 10.6 Å². The summed E-state index contributed by atoms with van der Waals surface area (Å²) in [7, 11) is 0. The molecule has 0 spiro atoms. The summed E-state index contributed by atoms with van der Waals surface area (Å²) in [6.45, 7) is 5.37. The summed E-state index contributed by atoms with van der Waals surface area (Å²) >= 11 is 0. The van der Waals surface area contributed by atoms with Crippen LogP contribution in [-0.4, -0.2) is 28.8 Å². The lowest BCUT2D eigenvalue weighted by Crippen LogP contribution is -2.46. The fraction of sp³-hybridized carbons (Fsp3) is 0.250. The van der Waals surface area contributed by atoms with Gasteiger partial charge < -0.3 is 10.6 Å². The largest absolute Gasteiger partial charge is 0.325 e. The van der Waals surface area contributed by atoms with E-state index in [4.69, 9.17) is 0 Å². The van der Waals surface area contributed by atoms with Gasteiger partial charge in [0, 0.05) is 5.69 Å². The Bertz CT molecular complexity index is 864. The van der Waals surface area contributed by atoms with Crippen LogP contribution in [0.4, 0.5) is 10.5 Å². The highest BCUT2D eigenvalue weighted by Crippen LogP contribution is 2.24. The van der Waals surface area contributed by atoms with Crippen molar-refractivity contribution in [2.24, 2.45) is 0 Å². The number of aryl methyl sites for hydroxylation is 2. The summed E-state index contributed by atoms with van der Waals surface area (Å²) in [5.74, 6) is -0.833. The molecule has 0 saturated carbocycles. The normalized spacial score (nSPS) is 17.8. The van der Waals surface area contributed by atoms with Crippen LogP contribution in [0.2, 0.25) is 0 Å². The minimum Gasteiger partial charge on any atom is -0.324 e. The molecule has 2 unspecified atom stereocenters. The minimum absolute atomic E-state index is 0.407. The van der Waals surface area contributed by atoms with Crippen molar-refractivity contribution >= 4 is 23.5 Å². The number of hydrogen-bond acceptors (Lipinski definition) is 3. The van der Waals surface area contributed by atoms with E-state index in [1.54, 1.807) is 31.2 Å². The second-order valence-electron chi connectivity index (χ2n) is 6.49. The number of nitrogens with zero attached hydrogens (tertiary/aromatic N) is 1. The predicted molar refractivity (Wildman–Crippen MR) is 98.6 cm³/mol. The Morgan fingerprint density at radius 2 is 1.81 bits per heavy atom. The number of hydrogen-bond donors (Lipinski definition) is 2. The molecule has 1 heterocycles. The SMILES string of the molecule is Cc1ccc(C)c(NC(=O)C(C)N2C(=O)NC(c3ccccc3)C2=O)c1. The number of amides is 4. The van der Waals surface area contributed by atoms with Crippen LogP contribution >= 0.6 is 0 Å². The number of anilines is 1. The van der Waals surface area contributed by atoms with E-state index in [1.165, 1.54) is 0 Å². The lowest BCUT2D eigenvalue weighted by Gasteiger charge is -2.21. The highest BCUT2D eigenvalue weighted by molar-refractivity contribution is 6.09. The average molecular weight is 351 g/mol. The van der Waals surface area contributed by atoms with Gasteiger partial charge in [0.05, 0.1) is 0 Å². The molecule has 1 saturated heterocycles. The first-order valence-electron chi connectivity index (χ1n) is 8.45. The molecule has 0 radical (unpaired) electrons. The molecule has 2 atom stereocenters. The van der Waals surface area contributed by atoms with E-state index in [0.717, 1.165) is 16.0 Å². The van der Waals surface area contributed by atoms with Gasteiger partial charge in [0.2, 0.25) is 5.91 Å². The smallest absolute Gasteiger partial charge is 0.324 e. The summed E-state index contributed by atoms with van der Waals surface area (Å²) in [5, 5.41) is 5.46. The molecule has 1 aliphatic rings. The fourth-order valence-electron chi connectivity index (χ4n) is 2.96. The van der Waals surface area contributed by atoms with Crippen LogP contribution in [0.25, 0.3) is 0 Å². The Balaban J connectivity index is 1.77. The molecule has 0 aromatic heterocycles. The van der Waals surface area contributed by atoms with Crippen LogP contribution in [0.3, 0.4) is 0 Å². The van der Waals surface area contributed by atoms with Gasteiger partial charge in [-0.05, 0) is 43.5 Å². The minimum atomic E-state index is -0.920. The van der Waals surface area contributed by atoms with Crippen molar-refractivity contribution in [1.82, 2.24) is 10.2 Å². The van der Waals surface area contributed by atoms with Crippen molar-refractivity contribution in [3.05, 3.63) is 65.2 Å². The molecular formula is C20H21N3O3. The molecule has 4 amide bonds. The second-order valence-corrected chi connectivity index (χ2v) is 6.49. The van der Waals surface area contributed by atoms with E-state index in [-0.39, 0.29) is 0 Å². The number of carbonyl (C=O) groups is 3. The van der Waals surface area contributed by atoms with Gasteiger partial charge in [-0.15, -0.1) is 0 Å². The zero-order valence-electron chi connectivity index (χ0n) is 14.9. The molecule has 0 bridgehead atoms. The van der Waals surface area contributed by atoms with Crippen molar-refractivity contribution in [2.45, 2.75) is 32.9 Å². The lowest BCUT2D eigenvalue weighted by molar-refractivity contribution is -0.133. The third-order valence-electron chi connectivity index (χ3n) is 4.52. The van der Waals surface area contributed by atoms with Crippen molar-refractivity contribution in [1.29, 1.82) is 0 Å². The van der Waals surface area contributed by atoms with E-state index in [0.29, 0.717) is 11.3 Å². The van der Waals surface area contributed by atoms with Crippen molar-refractivity contribution in [3.8, 4) is 0 Å². The first-order chi connectivity index (χ1) is 12.4. The summed E-state index contributed by atoms with van der Waals surface area (Å²) < 4.78 is 0. The predicted octanol–water partition coefficient (Wildman–Crippen LogP) is 2.92. The van der Waals surface area contributed by atoms with Gasteiger partial charge in [-0.25, -0.2) is 9.69 Å². The third kappa shape index (κ3) is 3.31. The van der Waals surface area contributed by atoms with Gasteiger partial charge in [0.25, 0.3) is 5.91 Å². The number of carbonyl (C=O) groups excluding carboxylic acids is 3. The van der Waals surface area contributed by atoms with Gasteiger partial charge in [-0.2, -0.15) is 0 Å². The molecule has 134 valence electrons. The lowest BCUT2D eigenvalue weighted by atomic mass is 10.1. The second kappa shape index (κ2) is 7.00. The molecular weight excluding hydrogens is 330 g/mol. The average Bonchev–Trinajstić information content (AvgIpc) is 2.92. The van der Waals surface area contributed by atoms with Gasteiger partial charge >= 0.3 is 6.03 Å². The van der Waals surface area contributed by atoms with Gasteiger partial charge in [-0.3, -0.25) is 9.59 Å². The molecule has 2 N–H and O–H groups in total. The number of rotatable bonds is 4. The Hall–Kier alpha value is -3.15. The first kappa shape index (κ1) is 17.7. The zero-order valence-corrected chi connectivity index (χ0v) is 14.9. The van der Waals surface area contributed by atoms with Crippen LogP contribution in [0.5, 0.6) is 0 Å². The van der Waals surface area contributed by atoms with Gasteiger partial charge in [0.15, 0.2) is 0 Å². The van der Waals surface area contributed by atoms with Gasteiger partial charge in [0.1, 0.15) is 12.1 Å². The fourth-order valence-corrected chi connectivity index (χ4v) is 2.96. The maximum Gasteiger partial charge on any atom is 0.325 e. The monoisotopic (exact) mass is 351 g/mol.